The van der Waals surface area contributed by atoms with Crippen molar-refractivity contribution in [2.45, 2.75) is 34.1 Å². The van der Waals surface area contributed by atoms with Crippen LogP contribution in [0.25, 0.3) is 10.2 Å². The summed E-state index contributed by atoms with van der Waals surface area (Å²) in [5.41, 5.74) is 1.86. The first-order chi connectivity index (χ1) is 9.93. The Bertz CT molecular complexity index is 767. The number of hydrogen-bond acceptors (Lipinski definition) is 5. The Morgan fingerprint density at radius 1 is 1.43 bits per heavy atom. The molecule has 1 N–H and O–H groups in total. The quantitative estimate of drug-likeness (QED) is 0.696. The van der Waals surface area contributed by atoms with E-state index in [1.54, 1.807) is 6.92 Å². The van der Waals surface area contributed by atoms with Gasteiger partial charge in [-0.05, 0) is 33.3 Å². The van der Waals surface area contributed by atoms with Gasteiger partial charge in [0.2, 0.25) is 5.82 Å². The zero-order valence-corrected chi connectivity index (χ0v) is 13.4. The van der Waals surface area contributed by atoms with Gasteiger partial charge in [0.05, 0.1) is 12.0 Å². The van der Waals surface area contributed by atoms with Crippen LogP contribution in [0.4, 0.5) is 0 Å². The van der Waals surface area contributed by atoms with Gasteiger partial charge < -0.3 is 9.72 Å². The van der Waals surface area contributed by atoms with Crippen LogP contribution in [0, 0.1) is 6.92 Å². The number of thiophene rings is 1. The third-order valence-electron chi connectivity index (χ3n) is 3.06. The normalized spacial score (nSPS) is 10.7. The summed E-state index contributed by atoms with van der Waals surface area (Å²) in [7, 11) is 0. The maximum absolute atomic E-state index is 12.2. The molecule has 21 heavy (non-hydrogen) atoms. The number of nitrogens with zero attached hydrogens (tertiary/aromatic N) is 1. The molecular formula is C15H18N2O3S. The summed E-state index contributed by atoms with van der Waals surface area (Å²) in [6.07, 6.45) is 2.88. The summed E-state index contributed by atoms with van der Waals surface area (Å²) >= 11 is 1.45. The minimum absolute atomic E-state index is 0.0376. The van der Waals surface area contributed by atoms with Crippen LogP contribution >= 0.6 is 11.3 Å². The monoisotopic (exact) mass is 306 g/mol. The van der Waals surface area contributed by atoms with Crippen LogP contribution in [-0.2, 0) is 11.2 Å². The fraction of sp³-hybridized carbons (Fsp3) is 0.400. The number of aromatic amines is 1. The minimum atomic E-state index is -0.603. The van der Waals surface area contributed by atoms with Crippen molar-refractivity contribution >= 4 is 27.5 Å². The van der Waals surface area contributed by atoms with Crippen molar-refractivity contribution in [2.75, 3.05) is 6.61 Å². The number of aromatic nitrogens is 2. The summed E-state index contributed by atoms with van der Waals surface area (Å²) < 4.78 is 4.87. The molecule has 0 saturated carbocycles. The summed E-state index contributed by atoms with van der Waals surface area (Å²) in [6, 6.07) is 0. The largest absolute Gasteiger partial charge is 0.460 e. The molecule has 5 nitrogen and oxygen atoms in total. The number of aryl methyl sites for hydroxylation is 1. The van der Waals surface area contributed by atoms with Crippen LogP contribution in [0.5, 0.6) is 0 Å². The SMILES string of the molecule is CCOC(=O)c1nc2sc(CC=C(C)C)c(C)c2c(=O)[nH]1. The van der Waals surface area contributed by atoms with E-state index in [1.165, 1.54) is 16.9 Å². The number of esters is 1. The van der Waals surface area contributed by atoms with Crippen molar-refractivity contribution in [3.05, 3.63) is 38.3 Å². The maximum atomic E-state index is 12.2. The number of carbonyl (C=O) groups is 1. The fourth-order valence-electron chi connectivity index (χ4n) is 1.98. The molecule has 0 amide bonds. The number of allylic oxidation sites excluding steroid dienone is 2. The Labute approximate surface area is 126 Å². The van der Waals surface area contributed by atoms with Crippen molar-refractivity contribution in [3.8, 4) is 0 Å². The molecule has 2 heterocycles. The van der Waals surface area contributed by atoms with Crippen LogP contribution in [0.1, 0.15) is 41.8 Å². The van der Waals surface area contributed by atoms with E-state index < -0.39 is 5.97 Å². The van der Waals surface area contributed by atoms with E-state index >= 15 is 0 Å². The number of rotatable bonds is 4. The molecule has 0 aliphatic rings. The number of H-pyrrole nitrogens is 1. The molecule has 0 aliphatic carbocycles. The Morgan fingerprint density at radius 3 is 2.76 bits per heavy atom. The molecule has 0 atom stereocenters. The Balaban J connectivity index is 2.52. The highest BCUT2D eigenvalue weighted by atomic mass is 32.1. The molecular weight excluding hydrogens is 288 g/mol. The number of fused-ring (bicyclic) bond motifs is 1. The predicted molar refractivity (Wildman–Crippen MR) is 84.1 cm³/mol. The smallest absolute Gasteiger partial charge is 0.374 e. The van der Waals surface area contributed by atoms with Crippen LogP contribution < -0.4 is 5.56 Å². The zero-order chi connectivity index (χ0) is 15.6. The second kappa shape index (κ2) is 6.22. The highest BCUT2D eigenvalue weighted by Crippen LogP contribution is 2.27. The lowest BCUT2D eigenvalue weighted by Crippen LogP contribution is -2.17. The molecule has 6 heteroatoms. The molecule has 2 aromatic heterocycles. The second-order valence-electron chi connectivity index (χ2n) is 4.95. The van der Waals surface area contributed by atoms with E-state index in [2.05, 4.69) is 16.0 Å². The topological polar surface area (TPSA) is 72.0 Å². The lowest BCUT2D eigenvalue weighted by molar-refractivity contribution is 0.0512. The van der Waals surface area contributed by atoms with Crippen LogP contribution in [0.15, 0.2) is 16.4 Å². The predicted octanol–water partition coefficient (Wildman–Crippen LogP) is 2.98. The second-order valence-corrected chi connectivity index (χ2v) is 6.03. The summed E-state index contributed by atoms with van der Waals surface area (Å²) in [4.78, 5) is 32.3. The van der Waals surface area contributed by atoms with Crippen LogP contribution in [0.3, 0.4) is 0 Å². The molecule has 0 radical (unpaired) electrons. The minimum Gasteiger partial charge on any atom is -0.460 e. The van der Waals surface area contributed by atoms with Gasteiger partial charge in [-0.3, -0.25) is 4.79 Å². The molecule has 2 rings (SSSR count). The number of nitrogens with one attached hydrogen (secondary N) is 1. The van der Waals surface area contributed by atoms with Gasteiger partial charge in [-0.1, -0.05) is 11.6 Å². The molecule has 0 aliphatic heterocycles. The van der Waals surface area contributed by atoms with Crippen molar-refractivity contribution < 1.29 is 9.53 Å². The van der Waals surface area contributed by atoms with Gasteiger partial charge in [-0.2, -0.15) is 0 Å². The van der Waals surface area contributed by atoms with Gasteiger partial charge in [0, 0.05) is 11.3 Å². The Hall–Kier alpha value is -1.95. The summed E-state index contributed by atoms with van der Waals surface area (Å²) in [6.45, 7) is 7.93. The molecule has 112 valence electrons. The highest BCUT2D eigenvalue weighted by molar-refractivity contribution is 7.18. The summed E-state index contributed by atoms with van der Waals surface area (Å²) in [5, 5.41) is 0.560. The van der Waals surface area contributed by atoms with E-state index in [1.807, 2.05) is 20.8 Å². The Morgan fingerprint density at radius 2 is 2.14 bits per heavy atom. The molecule has 0 saturated heterocycles. The van der Waals surface area contributed by atoms with Crippen molar-refractivity contribution in [2.24, 2.45) is 0 Å². The van der Waals surface area contributed by atoms with E-state index in [9.17, 15) is 9.59 Å². The fourth-order valence-corrected chi connectivity index (χ4v) is 3.12. The van der Waals surface area contributed by atoms with Gasteiger partial charge in [0.15, 0.2) is 0 Å². The average Bonchev–Trinajstić information content (AvgIpc) is 2.73. The number of carbonyl (C=O) groups excluding carboxylic acids is 1. The first-order valence-electron chi connectivity index (χ1n) is 6.76. The van der Waals surface area contributed by atoms with Gasteiger partial charge in [-0.25, -0.2) is 9.78 Å². The van der Waals surface area contributed by atoms with E-state index in [4.69, 9.17) is 4.74 Å². The lowest BCUT2D eigenvalue weighted by atomic mass is 10.1. The first kappa shape index (κ1) is 15.4. The highest BCUT2D eigenvalue weighted by Gasteiger charge is 2.17. The van der Waals surface area contributed by atoms with Crippen LogP contribution in [-0.4, -0.2) is 22.5 Å². The molecule has 0 fully saturated rings. The van der Waals surface area contributed by atoms with Crippen molar-refractivity contribution in [1.82, 2.24) is 9.97 Å². The standard InChI is InChI=1S/C15H18N2O3S/c1-5-20-15(19)12-16-13(18)11-9(4)10(7-6-8(2)3)21-14(11)17-12/h6H,5,7H2,1-4H3,(H,16,17,18). The Kier molecular flexibility index (Phi) is 4.57. The third kappa shape index (κ3) is 3.21. The lowest BCUT2D eigenvalue weighted by Gasteiger charge is -2.00. The molecule has 0 aromatic carbocycles. The molecule has 0 unspecified atom stereocenters. The third-order valence-corrected chi connectivity index (χ3v) is 4.27. The summed E-state index contributed by atoms with van der Waals surface area (Å²) in [5.74, 6) is -0.641. The molecule has 2 aromatic rings. The molecule has 0 spiro atoms. The van der Waals surface area contributed by atoms with Crippen molar-refractivity contribution in [1.29, 1.82) is 0 Å². The van der Waals surface area contributed by atoms with Gasteiger partial charge in [-0.15, -0.1) is 11.3 Å². The molecule has 0 bridgehead atoms. The van der Waals surface area contributed by atoms with Gasteiger partial charge >= 0.3 is 5.97 Å². The van der Waals surface area contributed by atoms with Gasteiger partial charge in [0.1, 0.15) is 4.83 Å². The zero-order valence-electron chi connectivity index (χ0n) is 12.6. The number of ether oxygens (including phenoxy) is 1. The maximum Gasteiger partial charge on any atom is 0.374 e. The van der Waals surface area contributed by atoms with E-state index in [0.717, 1.165) is 16.9 Å². The number of hydrogen-bond donors (Lipinski definition) is 1. The van der Waals surface area contributed by atoms with E-state index in [-0.39, 0.29) is 18.0 Å². The van der Waals surface area contributed by atoms with Gasteiger partial charge in [0.25, 0.3) is 5.56 Å². The van der Waals surface area contributed by atoms with Crippen LogP contribution in [0.2, 0.25) is 0 Å². The first-order valence-corrected chi connectivity index (χ1v) is 7.58. The van der Waals surface area contributed by atoms with E-state index in [0.29, 0.717) is 10.2 Å². The average molecular weight is 306 g/mol. The van der Waals surface area contributed by atoms with Crippen molar-refractivity contribution in [3.63, 3.8) is 0 Å².